The van der Waals surface area contributed by atoms with Crippen molar-refractivity contribution in [1.82, 2.24) is 14.7 Å². The molecule has 0 aliphatic carbocycles. The topological polar surface area (TPSA) is 56.6 Å². The number of benzene rings is 2. The smallest absolute Gasteiger partial charge is 0.266 e. The molecule has 1 aliphatic rings. The molecule has 188 valence electrons. The van der Waals surface area contributed by atoms with Crippen LogP contribution in [0.3, 0.4) is 0 Å². The maximum Gasteiger partial charge on any atom is 0.266 e. The molecule has 0 saturated carbocycles. The van der Waals surface area contributed by atoms with E-state index in [1.54, 1.807) is 27.8 Å². The minimum Gasteiger partial charge on any atom is -0.491 e. The highest BCUT2D eigenvalue weighted by molar-refractivity contribution is 8.26. The molecule has 1 fully saturated rings. The number of halogens is 1. The maximum atomic E-state index is 14.8. The summed E-state index contributed by atoms with van der Waals surface area (Å²) in [5.74, 6) is -0.395. The monoisotopic (exact) mass is 525 g/mol. The van der Waals surface area contributed by atoms with Crippen LogP contribution in [0.2, 0.25) is 0 Å². The van der Waals surface area contributed by atoms with Gasteiger partial charge in [-0.2, -0.15) is 5.10 Å². The van der Waals surface area contributed by atoms with Crippen LogP contribution in [0, 0.1) is 5.82 Å². The number of ether oxygens (including phenoxy) is 2. The third-order valence-electron chi connectivity index (χ3n) is 5.46. The number of carbonyl (C=O) groups excluding carboxylic acids is 1. The molecule has 0 atom stereocenters. The van der Waals surface area contributed by atoms with Gasteiger partial charge < -0.3 is 9.47 Å². The van der Waals surface area contributed by atoms with Gasteiger partial charge >= 0.3 is 0 Å². The lowest BCUT2D eigenvalue weighted by Crippen LogP contribution is -2.29. The Hall–Kier alpha value is -3.01. The number of carbonyl (C=O) groups is 1. The molecular weight excluding hydrogens is 497 g/mol. The van der Waals surface area contributed by atoms with Gasteiger partial charge in [-0.1, -0.05) is 49.1 Å². The number of hydrogen-bond donors (Lipinski definition) is 0. The molecular formula is C27H28FN3O3S2. The van der Waals surface area contributed by atoms with Crippen LogP contribution < -0.4 is 4.74 Å². The first-order valence-electron chi connectivity index (χ1n) is 11.9. The molecule has 1 aliphatic heterocycles. The van der Waals surface area contributed by atoms with Crippen molar-refractivity contribution in [3.63, 3.8) is 0 Å². The molecule has 2 aromatic carbocycles. The van der Waals surface area contributed by atoms with Crippen LogP contribution in [0.25, 0.3) is 23.0 Å². The quantitative estimate of drug-likeness (QED) is 0.171. The minimum absolute atomic E-state index is 0.144. The van der Waals surface area contributed by atoms with Crippen molar-refractivity contribution in [3.05, 3.63) is 71.0 Å². The van der Waals surface area contributed by atoms with Crippen LogP contribution in [0.15, 0.2) is 59.6 Å². The number of para-hydroxylation sites is 1. The minimum atomic E-state index is -0.457. The fourth-order valence-electron chi connectivity index (χ4n) is 3.71. The van der Waals surface area contributed by atoms with Crippen LogP contribution in [-0.2, 0) is 9.53 Å². The molecule has 1 aromatic heterocycles. The summed E-state index contributed by atoms with van der Waals surface area (Å²) in [6, 6.07) is 14.4. The fourth-order valence-corrected chi connectivity index (χ4v) is 5.01. The summed E-state index contributed by atoms with van der Waals surface area (Å²) in [4.78, 5) is 15.2. The first kappa shape index (κ1) is 26.1. The van der Waals surface area contributed by atoms with Crippen molar-refractivity contribution in [1.29, 1.82) is 0 Å². The van der Waals surface area contributed by atoms with Crippen molar-refractivity contribution in [3.8, 4) is 22.7 Å². The Morgan fingerprint density at radius 1 is 1.14 bits per heavy atom. The van der Waals surface area contributed by atoms with Gasteiger partial charge in [0, 0.05) is 37.1 Å². The number of rotatable bonds is 11. The predicted octanol–water partition coefficient (Wildman–Crippen LogP) is 6.10. The number of thioether (sulfide) groups is 1. The highest BCUT2D eigenvalue weighted by Gasteiger charge is 2.32. The number of hydrogen-bond acceptors (Lipinski definition) is 6. The highest BCUT2D eigenvalue weighted by Crippen LogP contribution is 2.35. The Morgan fingerprint density at radius 2 is 1.94 bits per heavy atom. The summed E-state index contributed by atoms with van der Waals surface area (Å²) in [5.41, 5.74) is 2.69. The zero-order valence-corrected chi connectivity index (χ0v) is 21.9. The van der Waals surface area contributed by atoms with Crippen LogP contribution in [0.5, 0.6) is 5.75 Å². The normalized spacial score (nSPS) is 14.8. The van der Waals surface area contributed by atoms with E-state index < -0.39 is 5.82 Å². The predicted molar refractivity (Wildman–Crippen MR) is 146 cm³/mol. The molecule has 2 heterocycles. The zero-order chi connectivity index (χ0) is 25.5. The molecule has 3 aromatic rings. The van der Waals surface area contributed by atoms with Gasteiger partial charge in [-0.15, -0.1) is 0 Å². The van der Waals surface area contributed by atoms with E-state index in [9.17, 15) is 9.18 Å². The van der Waals surface area contributed by atoms with Crippen molar-refractivity contribution in [2.75, 3.05) is 26.4 Å². The first-order chi connectivity index (χ1) is 17.5. The van der Waals surface area contributed by atoms with E-state index in [0.717, 1.165) is 12.1 Å². The second-order valence-corrected chi connectivity index (χ2v) is 9.77. The van der Waals surface area contributed by atoms with E-state index in [-0.39, 0.29) is 11.7 Å². The van der Waals surface area contributed by atoms with E-state index in [0.29, 0.717) is 58.8 Å². The lowest BCUT2D eigenvalue weighted by molar-refractivity contribution is -0.122. The van der Waals surface area contributed by atoms with Gasteiger partial charge in [-0.25, -0.2) is 9.07 Å². The zero-order valence-electron chi connectivity index (χ0n) is 20.3. The molecule has 0 spiro atoms. The van der Waals surface area contributed by atoms with Gasteiger partial charge in [-0.05, 0) is 56.2 Å². The molecule has 9 heteroatoms. The summed E-state index contributed by atoms with van der Waals surface area (Å²) < 4.78 is 27.9. The van der Waals surface area contributed by atoms with E-state index in [2.05, 4.69) is 0 Å². The van der Waals surface area contributed by atoms with E-state index in [1.165, 1.54) is 17.8 Å². The van der Waals surface area contributed by atoms with Crippen molar-refractivity contribution in [2.45, 2.75) is 26.7 Å². The van der Waals surface area contributed by atoms with Crippen LogP contribution in [-0.4, -0.2) is 51.3 Å². The van der Waals surface area contributed by atoms with Gasteiger partial charge in [0.2, 0.25) is 0 Å². The Labute approximate surface area is 220 Å². The van der Waals surface area contributed by atoms with Crippen LogP contribution in [0.4, 0.5) is 4.39 Å². The SMILES string of the molecule is CCCOc1ccc(-c2nn(-c3ccccc3)cc2/C=C2\SC(=S)N(CCCOCC)C2=O)cc1F. The third kappa shape index (κ3) is 6.03. The Morgan fingerprint density at radius 3 is 2.67 bits per heavy atom. The second kappa shape index (κ2) is 12.3. The second-order valence-electron chi connectivity index (χ2n) is 8.09. The molecule has 1 saturated heterocycles. The standard InChI is InChI=1S/C27H28FN3O3S2/c1-3-14-34-23-12-11-19(16-22(23)28)25-20(18-31(29-25)21-9-6-5-7-10-21)17-24-26(32)30(27(35)36-24)13-8-15-33-4-2/h5-7,9-12,16-18H,3-4,8,13-15H2,1-2H3/b24-17-. The summed E-state index contributed by atoms with van der Waals surface area (Å²) in [5, 5.41) is 4.74. The molecule has 1 amide bonds. The number of thiocarbonyl (C=S) groups is 1. The molecule has 0 N–H and O–H groups in total. The number of amides is 1. The fraction of sp³-hybridized carbons (Fsp3) is 0.296. The number of aromatic nitrogens is 2. The molecule has 0 radical (unpaired) electrons. The van der Waals surface area contributed by atoms with Gasteiger partial charge in [0.05, 0.1) is 17.2 Å². The average molecular weight is 526 g/mol. The summed E-state index contributed by atoms with van der Waals surface area (Å²) >= 11 is 6.73. The Bertz CT molecular complexity index is 1260. The molecule has 0 bridgehead atoms. The molecule has 6 nitrogen and oxygen atoms in total. The van der Waals surface area contributed by atoms with E-state index in [4.69, 9.17) is 26.8 Å². The molecule has 0 unspecified atom stereocenters. The summed E-state index contributed by atoms with van der Waals surface area (Å²) in [6.45, 7) is 6.06. The van der Waals surface area contributed by atoms with Crippen molar-refractivity contribution >= 4 is 40.3 Å². The number of nitrogens with zero attached hydrogens (tertiary/aromatic N) is 3. The lowest BCUT2D eigenvalue weighted by Gasteiger charge is -2.13. The highest BCUT2D eigenvalue weighted by atomic mass is 32.2. The lowest BCUT2D eigenvalue weighted by atomic mass is 10.1. The molecule has 36 heavy (non-hydrogen) atoms. The summed E-state index contributed by atoms with van der Waals surface area (Å²) in [7, 11) is 0. The van der Waals surface area contributed by atoms with E-state index >= 15 is 0 Å². The Kier molecular flexibility index (Phi) is 8.90. The largest absolute Gasteiger partial charge is 0.491 e. The van der Waals surface area contributed by atoms with Gasteiger partial charge in [0.1, 0.15) is 10.0 Å². The first-order valence-corrected chi connectivity index (χ1v) is 13.1. The molecule has 4 rings (SSSR count). The van der Waals surface area contributed by atoms with E-state index in [1.807, 2.05) is 50.4 Å². The summed E-state index contributed by atoms with van der Waals surface area (Å²) in [6.07, 6.45) is 5.11. The van der Waals surface area contributed by atoms with Gasteiger partial charge in [0.15, 0.2) is 11.6 Å². The van der Waals surface area contributed by atoms with Crippen LogP contribution in [0.1, 0.15) is 32.3 Å². The maximum absolute atomic E-state index is 14.8. The van der Waals surface area contributed by atoms with Gasteiger partial charge in [0.25, 0.3) is 5.91 Å². The Balaban J connectivity index is 1.68. The third-order valence-corrected chi connectivity index (χ3v) is 6.84. The van der Waals surface area contributed by atoms with Crippen LogP contribution >= 0.6 is 24.0 Å². The average Bonchev–Trinajstić information content (AvgIpc) is 3.42. The van der Waals surface area contributed by atoms with Crippen molar-refractivity contribution < 1.29 is 18.7 Å². The van der Waals surface area contributed by atoms with Crippen molar-refractivity contribution in [2.24, 2.45) is 0 Å². The van der Waals surface area contributed by atoms with Gasteiger partial charge in [-0.3, -0.25) is 9.69 Å².